The smallest absolute Gasteiger partial charge is 0.305 e. The molecule has 0 aliphatic rings. The van der Waals surface area contributed by atoms with Crippen LogP contribution < -0.4 is 10.1 Å². The highest BCUT2D eigenvalue weighted by Gasteiger charge is 2.13. The van der Waals surface area contributed by atoms with E-state index in [0.29, 0.717) is 31.7 Å². The van der Waals surface area contributed by atoms with Crippen molar-refractivity contribution in [2.75, 3.05) is 19.8 Å². The van der Waals surface area contributed by atoms with E-state index in [9.17, 15) is 9.59 Å². The first-order chi connectivity index (χ1) is 10.8. The molecule has 128 valence electrons. The number of nitrogens with one attached hydrogen (secondary N) is 1. The lowest BCUT2D eigenvalue weighted by atomic mass is 9.87. The van der Waals surface area contributed by atoms with E-state index in [1.807, 2.05) is 24.3 Å². The highest BCUT2D eigenvalue weighted by atomic mass is 16.5. The van der Waals surface area contributed by atoms with Gasteiger partial charge in [-0.3, -0.25) is 9.59 Å². The molecule has 0 aliphatic carbocycles. The number of carbonyl (C=O) groups is 2. The van der Waals surface area contributed by atoms with Gasteiger partial charge in [0.25, 0.3) is 5.91 Å². The SMILES string of the molecule is CCOC(=O)CCCNC(=O)COc1ccc(C(C)(C)C)cc1. The van der Waals surface area contributed by atoms with Crippen molar-refractivity contribution < 1.29 is 19.1 Å². The van der Waals surface area contributed by atoms with Gasteiger partial charge in [-0.25, -0.2) is 0 Å². The number of ether oxygens (including phenoxy) is 2. The van der Waals surface area contributed by atoms with Gasteiger partial charge in [-0.15, -0.1) is 0 Å². The second-order valence-electron chi connectivity index (χ2n) is 6.32. The first-order valence-electron chi connectivity index (χ1n) is 7.98. The fraction of sp³-hybridized carbons (Fsp3) is 0.556. The quantitative estimate of drug-likeness (QED) is 0.591. The van der Waals surface area contributed by atoms with Crippen LogP contribution in [0.1, 0.15) is 46.1 Å². The van der Waals surface area contributed by atoms with E-state index in [0.717, 1.165) is 0 Å². The van der Waals surface area contributed by atoms with Crippen LogP contribution in [0.4, 0.5) is 0 Å². The lowest BCUT2D eigenvalue weighted by molar-refractivity contribution is -0.143. The maximum atomic E-state index is 11.7. The van der Waals surface area contributed by atoms with E-state index in [1.54, 1.807) is 6.92 Å². The highest BCUT2D eigenvalue weighted by molar-refractivity contribution is 5.77. The van der Waals surface area contributed by atoms with Crippen LogP contribution in [-0.4, -0.2) is 31.6 Å². The number of hydrogen-bond acceptors (Lipinski definition) is 4. The Bertz CT molecular complexity index is 503. The highest BCUT2D eigenvalue weighted by Crippen LogP contribution is 2.24. The molecule has 0 aromatic heterocycles. The Morgan fingerprint density at radius 2 is 1.78 bits per heavy atom. The molecule has 0 unspecified atom stereocenters. The van der Waals surface area contributed by atoms with Gasteiger partial charge in [0.1, 0.15) is 5.75 Å². The van der Waals surface area contributed by atoms with Gasteiger partial charge < -0.3 is 14.8 Å². The van der Waals surface area contributed by atoms with Crippen LogP contribution in [0.25, 0.3) is 0 Å². The molecule has 0 spiro atoms. The number of esters is 1. The van der Waals surface area contributed by atoms with Gasteiger partial charge >= 0.3 is 5.97 Å². The molecular weight excluding hydrogens is 294 g/mol. The third-order valence-electron chi connectivity index (χ3n) is 3.28. The summed E-state index contributed by atoms with van der Waals surface area (Å²) in [6.45, 7) is 8.99. The van der Waals surface area contributed by atoms with Crippen LogP contribution in [-0.2, 0) is 19.7 Å². The van der Waals surface area contributed by atoms with Gasteiger partial charge in [-0.2, -0.15) is 0 Å². The first kappa shape index (κ1) is 19.0. The summed E-state index contributed by atoms with van der Waals surface area (Å²) < 4.78 is 10.3. The summed E-state index contributed by atoms with van der Waals surface area (Å²) in [5.74, 6) is 0.227. The van der Waals surface area contributed by atoms with Crippen LogP contribution in [0.2, 0.25) is 0 Å². The second-order valence-corrected chi connectivity index (χ2v) is 6.32. The maximum absolute atomic E-state index is 11.7. The summed E-state index contributed by atoms with van der Waals surface area (Å²) in [6, 6.07) is 7.75. The molecule has 1 aromatic rings. The molecule has 23 heavy (non-hydrogen) atoms. The Morgan fingerprint density at radius 3 is 2.35 bits per heavy atom. The van der Waals surface area contributed by atoms with Crippen LogP contribution >= 0.6 is 0 Å². The Labute approximate surface area is 138 Å². The fourth-order valence-corrected chi connectivity index (χ4v) is 1.94. The third-order valence-corrected chi connectivity index (χ3v) is 3.28. The first-order valence-corrected chi connectivity index (χ1v) is 7.98. The number of rotatable bonds is 8. The van der Waals surface area contributed by atoms with Crippen molar-refractivity contribution in [2.24, 2.45) is 0 Å². The van der Waals surface area contributed by atoms with Crippen molar-refractivity contribution in [1.82, 2.24) is 5.32 Å². The summed E-state index contributed by atoms with van der Waals surface area (Å²) >= 11 is 0. The maximum Gasteiger partial charge on any atom is 0.305 e. The summed E-state index contributed by atoms with van der Waals surface area (Å²) in [6.07, 6.45) is 0.869. The molecule has 1 N–H and O–H groups in total. The molecule has 1 rings (SSSR count). The average Bonchev–Trinajstić information content (AvgIpc) is 2.49. The van der Waals surface area contributed by atoms with Gasteiger partial charge in [0.05, 0.1) is 6.61 Å². The van der Waals surface area contributed by atoms with Crippen molar-refractivity contribution in [1.29, 1.82) is 0 Å². The minimum Gasteiger partial charge on any atom is -0.484 e. The van der Waals surface area contributed by atoms with Gasteiger partial charge in [0.2, 0.25) is 0 Å². The van der Waals surface area contributed by atoms with E-state index < -0.39 is 0 Å². The Morgan fingerprint density at radius 1 is 1.13 bits per heavy atom. The third kappa shape index (κ3) is 7.68. The molecular formula is C18H27NO4. The van der Waals surface area contributed by atoms with Crippen LogP contribution in [0, 0.1) is 0 Å². The summed E-state index contributed by atoms with van der Waals surface area (Å²) in [7, 11) is 0. The molecule has 1 aromatic carbocycles. The number of hydrogen-bond donors (Lipinski definition) is 1. The molecule has 5 heteroatoms. The summed E-state index contributed by atoms with van der Waals surface area (Å²) in [5.41, 5.74) is 1.31. The van der Waals surface area contributed by atoms with Gasteiger partial charge in [0, 0.05) is 13.0 Å². The monoisotopic (exact) mass is 321 g/mol. The second kappa shape index (κ2) is 9.18. The standard InChI is InChI=1S/C18H27NO4/c1-5-22-17(21)7-6-12-19-16(20)13-23-15-10-8-14(9-11-15)18(2,3)4/h8-11H,5-7,12-13H2,1-4H3,(H,19,20). The van der Waals surface area contributed by atoms with Gasteiger partial charge in [-0.05, 0) is 36.5 Å². The molecule has 5 nitrogen and oxygen atoms in total. The molecule has 0 fully saturated rings. The largest absolute Gasteiger partial charge is 0.484 e. The molecule has 0 saturated carbocycles. The topological polar surface area (TPSA) is 64.6 Å². The molecule has 0 saturated heterocycles. The minimum atomic E-state index is -0.239. The van der Waals surface area contributed by atoms with E-state index in [4.69, 9.17) is 9.47 Å². The van der Waals surface area contributed by atoms with Gasteiger partial charge in [0.15, 0.2) is 6.61 Å². The number of benzene rings is 1. The van der Waals surface area contributed by atoms with E-state index in [1.165, 1.54) is 5.56 Å². The molecule has 0 atom stereocenters. The zero-order valence-electron chi connectivity index (χ0n) is 14.5. The average molecular weight is 321 g/mol. The Kier molecular flexibility index (Phi) is 7.59. The van der Waals surface area contributed by atoms with E-state index in [-0.39, 0.29) is 23.9 Å². The Balaban J connectivity index is 2.24. The van der Waals surface area contributed by atoms with Crippen molar-refractivity contribution in [3.8, 4) is 5.75 Å². The molecule has 0 heterocycles. The molecule has 0 radical (unpaired) electrons. The van der Waals surface area contributed by atoms with Crippen molar-refractivity contribution in [2.45, 2.75) is 46.0 Å². The zero-order valence-corrected chi connectivity index (χ0v) is 14.5. The number of carbonyl (C=O) groups excluding carboxylic acids is 2. The van der Waals surface area contributed by atoms with E-state index in [2.05, 4.69) is 26.1 Å². The summed E-state index contributed by atoms with van der Waals surface area (Å²) in [5, 5.41) is 2.71. The number of amides is 1. The van der Waals surface area contributed by atoms with Crippen LogP contribution in [0.3, 0.4) is 0 Å². The van der Waals surface area contributed by atoms with Crippen molar-refractivity contribution in [3.63, 3.8) is 0 Å². The van der Waals surface area contributed by atoms with Crippen LogP contribution in [0.5, 0.6) is 5.75 Å². The lowest BCUT2D eigenvalue weighted by Gasteiger charge is -2.19. The molecule has 0 aliphatic heterocycles. The minimum absolute atomic E-state index is 0.0335. The molecule has 0 bridgehead atoms. The van der Waals surface area contributed by atoms with Crippen molar-refractivity contribution >= 4 is 11.9 Å². The van der Waals surface area contributed by atoms with Crippen LogP contribution in [0.15, 0.2) is 24.3 Å². The fourth-order valence-electron chi connectivity index (χ4n) is 1.94. The zero-order chi connectivity index (χ0) is 17.3. The van der Waals surface area contributed by atoms with E-state index >= 15 is 0 Å². The normalized spacial score (nSPS) is 11.0. The predicted molar refractivity (Wildman–Crippen MR) is 89.5 cm³/mol. The molecule has 1 amide bonds. The Hall–Kier alpha value is -2.04. The van der Waals surface area contributed by atoms with Gasteiger partial charge in [-0.1, -0.05) is 32.9 Å². The lowest BCUT2D eigenvalue weighted by Crippen LogP contribution is -2.30. The van der Waals surface area contributed by atoms with Crippen molar-refractivity contribution in [3.05, 3.63) is 29.8 Å². The summed E-state index contributed by atoms with van der Waals surface area (Å²) in [4.78, 5) is 22.8. The predicted octanol–water partition coefficient (Wildman–Crippen LogP) is 2.82.